The van der Waals surface area contributed by atoms with Gasteiger partial charge >= 0.3 is 29.3 Å². The van der Waals surface area contributed by atoms with Crippen LogP contribution in [0.3, 0.4) is 0 Å². The second kappa shape index (κ2) is 6.88. The number of hydrogen-bond acceptors (Lipinski definition) is 7. The lowest BCUT2D eigenvalue weighted by atomic mass is 10.2. The summed E-state index contributed by atoms with van der Waals surface area (Å²) in [6, 6.07) is 0. The van der Waals surface area contributed by atoms with E-state index in [1.165, 1.54) is 6.08 Å². The van der Waals surface area contributed by atoms with Crippen molar-refractivity contribution < 1.29 is 45.4 Å². The van der Waals surface area contributed by atoms with E-state index >= 15 is 0 Å². The van der Waals surface area contributed by atoms with Gasteiger partial charge < -0.3 is 19.0 Å². The number of hydrogen-bond donors (Lipinski definition) is 2. The summed E-state index contributed by atoms with van der Waals surface area (Å²) < 4.78 is 66.6. The summed E-state index contributed by atoms with van der Waals surface area (Å²) in [4.78, 5) is 11.4. The van der Waals surface area contributed by atoms with E-state index in [2.05, 4.69) is 4.18 Å². The molecule has 2 rings (SSSR count). The monoisotopic (exact) mass is 346 g/mol. The molecule has 0 spiro atoms. The van der Waals surface area contributed by atoms with Crippen molar-refractivity contribution in [2.24, 2.45) is 17.8 Å². The Balaban J connectivity index is 0.000000745. The van der Waals surface area contributed by atoms with Gasteiger partial charge in [0.1, 0.15) is 5.76 Å². The second-order valence-electron chi connectivity index (χ2n) is 4.48. The Bertz CT molecular complexity index is 545. The van der Waals surface area contributed by atoms with Gasteiger partial charge in [0.2, 0.25) is 0 Å². The molecule has 0 aliphatic heterocycles. The van der Waals surface area contributed by atoms with Crippen molar-refractivity contribution >= 4 is 23.8 Å². The molecule has 0 radical (unpaired) electrons. The Morgan fingerprint density at radius 2 is 2.00 bits per heavy atom. The molecule has 0 saturated heterocycles. The molecule has 1 saturated carbocycles. The molecular weight excluding hydrogens is 332 g/mol. The Morgan fingerprint density at radius 1 is 1.45 bits per heavy atom. The van der Waals surface area contributed by atoms with Crippen LogP contribution in [-0.4, -0.2) is 44.2 Å². The molecule has 2 N–H and O–H groups in total. The lowest BCUT2D eigenvalue weighted by Crippen LogP contribution is -2.25. The Hall–Kier alpha value is -1.27. The molecular formula is C10H14BF3O7S. The van der Waals surface area contributed by atoms with Crippen molar-refractivity contribution in [3.05, 3.63) is 11.8 Å². The number of carbonyl (C=O) groups is 1. The Labute approximate surface area is 125 Å². The molecule has 0 unspecified atom stereocenters. The van der Waals surface area contributed by atoms with Gasteiger partial charge in [-0.15, -0.1) is 0 Å². The first kappa shape index (κ1) is 18.8. The van der Waals surface area contributed by atoms with Crippen LogP contribution >= 0.6 is 0 Å². The van der Waals surface area contributed by atoms with Gasteiger partial charge in [-0.05, 0) is 24.8 Å². The maximum Gasteiger partial charge on any atom is 0.534 e. The Morgan fingerprint density at radius 3 is 2.36 bits per heavy atom. The van der Waals surface area contributed by atoms with E-state index in [1.807, 2.05) is 0 Å². The Kier molecular flexibility index (Phi) is 5.87. The summed E-state index contributed by atoms with van der Waals surface area (Å²) in [7, 11) is -6.37. The highest BCUT2D eigenvalue weighted by atomic mass is 32.2. The molecule has 0 bridgehead atoms. The summed E-state index contributed by atoms with van der Waals surface area (Å²) in [5, 5.41) is 14.2. The highest BCUT2D eigenvalue weighted by Gasteiger charge is 2.59. The smallest absolute Gasteiger partial charge is 0.466 e. The lowest BCUT2D eigenvalue weighted by Gasteiger charge is -2.11. The summed E-state index contributed by atoms with van der Waals surface area (Å²) in [6.45, 7) is 1.88. The average molecular weight is 346 g/mol. The number of allylic oxidation sites excluding steroid dienone is 2. The van der Waals surface area contributed by atoms with Crippen LogP contribution in [0.5, 0.6) is 0 Å². The van der Waals surface area contributed by atoms with Gasteiger partial charge in [-0.3, -0.25) is 4.79 Å². The summed E-state index contributed by atoms with van der Waals surface area (Å²) in [5.74, 6) is -1.55. The first-order valence-corrected chi connectivity index (χ1v) is 7.59. The highest BCUT2D eigenvalue weighted by molar-refractivity contribution is 7.87. The van der Waals surface area contributed by atoms with Crippen molar-refractivity contribution in [3.8, 4) is 0 Å². The first-order chi connectivity index (χ1) is 10.1. The zero-order valence-electron chi connectivity index (χ0n) is 11.4. The molecule has 0 amide bonds. The fourth-order valence-electron chi connectivity index (χ4n) is 2.23. The molecule has 12 heteroatoms. The minimum atomic E-state index is -5.62. The number of rotatable bonds is 4. The van der Waals surface area contributed by atoms with Gasteiger partial charge in [-0.1, -0.05) is 0 Å². The predicted molar refractivity (Wildman–Crippen MR) is 67.4 cm³/mol. The lowest BCUT2D eigenvalue weighted by molar-refractivity contribution is -0.145. The maximum absolute atomic E-state index is 12.1. The van der Waals surface area contributed by atoms with E-state index in [4.69, 9.17) is 14.8 Å². The van der Waals surface area contributed by atoms with Crippen LogP contribution < -0.4 is 0 Å². The molecule has 0 aromatic carbocycles. The van der Waals surface area contributed by atoms with Crippen LogP contribution in [0.15, 0.2) is 11.8 Å². The quantitative estimate of drug-likeness (QED) is 0.314. The summed E-state index contributed by atoms with van der Waals surface area (Å²) in [6.07, 6.45) is 1.26. The third-order valence-electron chi connectivity index (χ3n) is 3.10. The third kappa shape index (κ3) is 4.14. The number of halogens is 3. The van der Waals surface area contributed by atoms with Crippen LogP contribution in [0.1, 0.15) is 13.3 Å². The van der Waals surface area contributed by atoms with Gasteiger partial charge in [0, 0.05) is 6.42 Å². The van der Waals surface area contributed by atoms with Crippen molar-refractivity contribution in [3.63, 3.8) is 0 Å². The maximum atomic E-state index is 12.1. The molecule has 0 heterocycles. The van der Waals surface area contributed by atoms with E-state index in [-0.39, 0.29) is 36.5 Å². The summed E-state index contributed by atoms with van der Waals surface area (Å²) in [5.41, 5.74) is -5.44. The SMILES string of the molecule is CCOC(=O)[C@H]1[C@@H]2C=C(OS(=O)(=O)C(F)(F)F)C[C@@H]21.OBO. The third-order valence-corrected chi connectivity index (χ3v) is 4.10. The van der Waals surface area contributed by atoms with Crippen LogP contribution in [0.25, 0.3) is 0 Å². The van der Waals surface area contributed by atoms with E-state index < -0.39 is 29.3 Å². The average Bonchev–Trinajstić information content (AvgIpc) is 2.86. The number of alkyl halides is 3. The second-order valence-corrected chi connectivity index (χ2v) is 6.02. The molecule has 2 aliphatic carbocycles. The normalized spacial score (nSPS) is 26.1. The van der Waals surface area contributed by atoms with Crippen molar-refractivity contribution in [2.45, 2.75) is 18.9 Å². The standard InChI is InChI=1S/C10H11F3O5S.BH3O2/c1-2-17-9(14)8-6-3-5(4-7(6)8)18-19(15,16)10(11,12)13;2-1-3/h3,6-8H,2,4H2,1H3;1-3H/t6-,7+,8+;/m1./s1. The van der Waals surface area contributed by atoms with Gasteiger partial charge in [0.05, 0.1) is 12.5 Å². The van der Waals surface area contributed by atoms with Crippen LogP contribution in [0, 0.1) is 17.8 Å². The zero-order valence-corrected chi connectivity index (χ0v) is 12.2. The summed E-state index contributed by atoms with van der Waals surface area (Å²) >= 11 is 0. The molecule has 0 aromatic rings. The van der Waals surface area contributed by atoms with Crippen molar-refractivity contribution in [1.82, 2.24) is 0 Å². The number of ether oxygens (including phenoxy) is 1. The number of fused-ring (bicyclic) bond motifs is 1. The van der Waals surface area contributed by atoms with E-state index in [1.54, 1.807) is 6.92 Å². The predicted octanol–water partition coefficient (Wildman–Crippen LogP) is -0.197. The first-order valence-electron chi connectivity index (χ1n) is 6.18. The van der Waals surface area contributed by atoms with Gasteiger partial charge in [0.25, 0.3) is 0 Å². The molecule has 22 heavy (non-hydrogen) atoms. The van der Waals surface area contributed by atoms with Crippen LogP contribution in [-0.2, 0) is 23.8 Å². The fraction of sp³-hybridized carbons (Fsp3) is 0.700. The molecule has 0 aromatic heterocycles. The zero-order chi connectivity index (χ0) is 17.1. The van der Waals surface area contributed by atoms with Crippen molar-refractivity contribution in [1.29, 1.82) is 0 Å². The van der Waals surface area contributed by atoms with E-state index in [0.29, 0.717) is 0 Å². The minimum absolute atomic E-state index is 0.00343. The number of carbonyl (C=O) groups excluding carboxylic acids is 1. The van der Waals surface area contributed by atoms with Crippen LogP contribution in [0.4, 0.5) is 13.2 Å². The van der Waals surface area contributed by atoms with E-state index in [9.17, 15) is 26.4 Å². The molecule has 3 atom stereocenters. The largest absolute Gasteiger partial charge is 0.534 e. The van der Waals surface area contributed by atoms with Gasteiger partial charge in [-0.2, -0.15) is 21.6 Å². The molecule has 2 aliphatic rings. The van der Waals surface area contributed by atoms with E-state index in [0.717, 1.165) is 0 Å². The minimum Gasteiger partial charge on any atom is -0.466 e. The molecule has 126 valence electrons. The topological polar surface area (TPSA) is 110 Å². The highest BCUT2D eigenvalue weighted by Crippen LogP contribution is 2.57. The van der Waals surface area contributed by atoms with Crippen molar-refractivity contribution in [2.75, 3.05) is 6.61 Å². The fourth-order valence-corrected chi connectivity index (χ4v) is 2.73. The van der Waals surface area contributed by atoms with Gasteiger partial charge in [-0.25, -0.2) is 0 Å². The molecule has 1 fully saturated rings. The van der Waals surface area contributed by atoms with Gasteiger partial charge in [0.15, 0.2) is 0 Å². The number of esters is 1. The molecule has 7 nitrogen and oxygen atoms in total. The van der Waals surface area contributed by atoms with Crippen LogP contribution in [0.2, 0.25) is 0 Å².